The molecule has 0 atom stereocenters. The van der Waals surface area contributed by atoms with Crippen LogP contribution in [0.15, 0.2) is 64.5 Å². The molecule has 1 aliphatic rings. The Morgan fingerprint density at radius 2 is 1.67 bits per heavy atom. The molecule has 4 heterocycles. The van der Waals surface area contributed by atoms with Crippen LogP contribution in [0.3, 0.4) is 0 Å². The Labute approximate surface area is 268 Å². The zero-order chi connectivity index (χ0) is 31.6. The van der Waals surface area contributed by atoms with Gasteiger partial charge in [0.15, 0.2) is 35.6 Å². The predicted octanol–water partition coefficient (Wildman–Crippen LogP) is 3.63. The van der Waals surface area contributed by atoms with Gasteiger partial charge in [0, 0.05) is 31.7 Å². The third kappa shape index (κ3) is 8.47. The van der Waals surface area contributed by atoms with E-state index in [9.17, 15) is 8.42 Å². The average molecular weight is 699 g/mol. The molecule has 0 radical (unpaired) electrons. The smallest absolute Gasteiger partial charge is 0.317 e. The topological polar surface area (TPSA) is 160 Å². The predicted molar refractivity (Wildman–Crippen MR) is 166 cm³/mol. The first-order valence-corrected chi connectivity index (χ1v) is 15.8. The van der Waals surface area contributed by atoms with Crippen LogP contribution >= 0.6 is 15.9 Å². The van der Waals surface area contributed by atoms with Crippen molar-refractivity contribution in [2.75, 3.05) is 56.2 Å². The summed E-state index contributed by atoms with van der Waals surface area (Å²) in [5.74, 6) is 6.21. The number of morpholine rings is 1. The summed E-state index contributed by atoms with van der Waals surface area (Å²) in [7, 11) is -2.72. The maximum absolute atomic E-state index is 13.5. The third-order valence-corrected chi connectivity index (χ3v) is 7.73. The molecule has 0 unspecified atom stereocenters. The summed E-state index contributed by atoms with van der Waals surface area (Å²) in [6.07, 6.45) is 4.58. The quantitative estimate of drug-likeness (QED) is 0.227. The van der Waals surface area contributed by atoms with E-state index in [2.05, 4.69) is 57.4 Å². The van der Waals surface area contributed by atoms with Crippen LogP contribution < -0.4 is 28.6 Å². The number of nitrogens with zero attached hydrogens (tertiary/aromatic N) is 6. The average Bonchev–Trinajstić information content (AvgIpc) is 3.05. The largest absolute Gasteiger partial charge is 0.493 e. The standard InChI is InChI=1S/C29H28BrN7O7S/c1-20-9-10-24(31-17-20)45(38,39)36-26-25(44-23-8-4-3-7-22(23)40-2)27(35-28(34-26)37-11-15-41-16-12-37)42-13-5-6-14-43-29-32-18-21(30)19-33-29/h3-4,7-10,17-19H,11-16H2,1-2H3,(H,34,35,36). The maximum Gasteiger partial charge on any atom is 0.317 e. The monoisotopic (exact) mass is 697 g/mol. The number of hydrogen-bond donors (Lipinski definition) is 1. The number of benzene rings is 1. The van der Waals surface area contributed by atoms with Gasteiger partial charge in [0.2, 0.25) is 11.7 Å². The van der Waals surface area contributed by atoms with Gasteiger partial charge in [-0.25, -0.2) is 15.0 Å². The molecule has 4 aromatic rings. The minimum Gasteiger partial charge on any atom is -0.493 e. The molecule has 0 saturated carbocycles. The zero-order valence-corrected chi connectivity index (χ0v) is 26.7. The molecule has 16 heteroatoms. The number of methoxy groups -OCH3 is 1. The first-order valence-electron chi connectivity index (χ1n) is 13.5. The molecular formula is C29H28BrN7O7S. The molecular weight excluding hydrogens is 670 g/mol. The Balaban J connectivity index is 1.49. The minimum atomic E-state index is -4.21. The van der Waals surface area contributed by atoms with Gasteiger partial charge in [0.1, 0.15) is 0 Å². The molecule has 0 amide bonds. The normalized spacial score (nSPS) is 12.9. The van der Waals surface area contributed by atoms with Crippen LogP contribution in [0.4, 0.5) is 11.8 Å². The van der Waals surface area contributed by atoms with Crippen LogP contribution in [0, 0.1) is 18.8 Å². The summed E-state index contributed by atoms with van der Waals surface area (Å²) >= 11 is 3.27. The Kier molecular flexibility index (Phi) is 10.5. The zero-order valence-electron chi connectivity index (χ0n) is 24.3. The number of anilines is 2. The Morgan fingerprint density at radius 1 is 0.956 bits per heavy atom. The second kappa shape index (κ2) is 14.8. The van der Waals surface area contributed by atoms with Crippen molar-refractivity contribution in [3.05, 3.63) is 65.0 Å². The van der Waals surface area contributed by atoms with Gasteiger partial charge in [-0.2, -0.15) is 18.4 Å². The van der Waals surface area contributed by atoms with Crippen LogP contribution in [0.5, 0.6) is 29.1 Å². The van der Waals surface area contributed by atoms with Crippen molar-refractivity contribution in [2.45, 2.75) is 11.9 Å². The van der Waals surface area contributed by atoms with Crippen LogP contribution in [-0.2, 0) is 14.8 Å². The molecule has 3 aromatic heterocycles. The van der Waals surface area contributed by atoms with Gasteiger partial charge in [0.25, 0.3) is 15.9 Å². The molecule has 234 valence electrons. The summed E-state index contributed by atoms with van der Waals surface area (Å²) in [5.41, 5.74) is 0.803. The van der Waals surface area contributed by atoms with E-state index in [1.54, 1.807) is 42.7 Å². The summed E-state index contributed by atoms with van der Waals surface area (Å²) in [6.45, 7) is 3.52. The van der Waals surface area contributed by atoms with Crippen molar-refractivity contribution in [2.24, 2.45) is 0 Å². The molecule has 0 aliphatic carbocycles. The van der Waals surface area contributed by atoms with Crippen LogP contribution in [0.1, 0.15) is 5.56 Å². The molecule has 14 nitrogen and oxygen atoms in total. The van der Waals surface area contributed by atoms with Gasteiger partial charge in [0.05, 0.1) is 24.8 Å². The first-order chi connectivity index (χ1) is 21.8. The number of rotatable bonds is 11. The minimum absolute atomic E-state index is 0.00691. The van der Waals surface area contributed by atoms with Crippen LogP contribution in [0.2, 0.25) is 0 Å². The highest BCUT2D eigenvalue weighted by molar-refractivity contribution is 9.10. The van der Waals surface area contributed by atoms with Crippen LogP contribution in [-0.4, -0.2) is 80.0 Å². The number of hydrogen-bond acceptors (Lipinski definition) is 13. The Morgan fingerprint density at radius 3 is 2.36 bits per heavy atom. The second-order valence-electron chi connectivity index (χ2n) is 9.25. The third-order valence-electron chi connectivity index (χ3n) is 6.06. The van der Waals surface area contributed by atoms with E-state index in [0.29, 0.717) is 32.1 Å². The summed E-state index contributed by atoms with van der Waals surface area (Å²) in [6, 6.07) is 10.1. The van der Waals surface area contributed by atoms with Crippen molar-refractivity contribution < 1.29 is 32.1 Å². The number of halogens is 1. The maximum atomic E-state index is 13.5. The van der Waals surface area contributed by atoms with Crippen molar-refractivity contribution in [1.29, 1.82) is 0 Å². The lowest BCUT2D eigenvalue weighted by Crippen LogP contribution is -2.37. The summed E-state index contributed by atoms with van der Waals surface area (Å²) in [4.78, 5) is 23.1. The summed E-state index contributed by atoms with van der Waals surface area (Å²) in [5, 5.41) is -0.203. The molecule has 5 rings (SSSR count). The number of nitrogens with one attached hydrogen (secondary N) is 1. The molecule has 1 N–H and O–H groups in total. The van der Waals surface area contributed by atoms with Gasteiger partial charge < -0.3 is 28.6 Å². The fourth-order valence-corrected chi connectivity index (χ4v) is 5.01. The van der Waals surface area contributed by atoms with E-state index in [4.69, 9.17) is 23.7 Å². The highest BCUT2D eigenvalue weighted by Crippen LogP contribution is 2.41. The van der Waals surface area contributed by atoms with E-state index < -0.39 is 10.0 Å². The lowest BCUT2D eigenvalue weighted by molar-refractivity contribution is 0.122. The van der Waals surface area contributed by atoms with Gasteiger partial charge in [-0.05, 0) is 46.6 Å². The lowest BCUT2D eigenvalue weighted by atomic mass is 10.3. The SMILES string of the molecule is COc1ccccc1Oc1c(NS(=O)(=O)c2ccc(C)cn2)nc(N2CCOCC2)nc1OCC#CCOc1ncc(Br)cn1. The highest BCUT2D eigenvalue weighted by atomic mass is 79.9. The van der Waals surface area contributed by atoms with Crippen molar-refractivity contribution in [1.82, 2.24) is 24.9 Å². The van der Waals surface area contributed by atoms with E-state index >= 15 is 0 Å². The molecule has 45 heavy (non-hydrogen) atoms. The van der Waals surface area contributed by atoms with E-state index in [1.165, 1.54) is 19.4 Å². The molecule has 0 bridgehead atoms. The first kappa shape index (κ1) is 31.7. The van der Waals surface area contributed by atoms with Crippen molar-refractivity contribution in [3.63, 3.8) is 0 Å². The number of aromatic nitrogens is 5. The number of ether oxygens (including phenoxy) is 5. The number of para-hydroxylation sites is 2. The Bertz CT molecular complexity index is 1780. The number of pyridine rings is 1. The van der Waals surface area contributed by atoms with Gasteiger partial charge in [-0.15, -0.1) is 0 Å². The highest BCUT2D eigenvalue weighted by Gasteiger charge is 2.27. The number of sulfonamides is 1. The fourth-order valence-electron chi connectivity index (χ4n) is 3.87. The molecule has 1 saturated heterocycles. The van der Waals surface area contributed by atoms with Gasteiger partial charge in [-0.1, -0.05) is 30.0 Å². The van der Waals surface area contributed by atoms with Crippen molar-refractivity contribution >= 4 is 37.7 Å². The molecule has 0 spiro atoms. The Hall–Kier alpha value is -4.72. The van der Waals surface area contributed by atoms with Crippen molar-refractivity contribution in [3.8, 4) is 41.0 Å². The second-order valence-corrected chi connectivity index (χ2v) is 11.8. The molecule has 1 aromatic carbocycles. The fraction of sp³-hybridized carbons (Fsp3) is 0.276. The molecule has 1 aliphatic heterocycles. The van der Waals surface area contributed by atoms with E-state index in [-0.39, 0.29) is 53.4 Å². The van der Waals surface area contributed by atoms with Gasteiger partial charge >= 0.3 is 6.01 Å². The van der Waals surface area contributed by atoms with Gasteiger partial charge in [-0.3, -0.25) is 4.72 Å². The summed E-state index contributed by atoms with van der Waals surface area (Å²) < 4.78 is 58.7. The lowest BCUT2D eigenvalue weighted by Gasteiger charge is -2.28. The molecule has 1 fully saturated rings. The van der Waals surface area contributed by atoms with Crippen LogP contribution in [0.25, 0.3) is 0 Å². The number of aryl methyl sites for hydroxylation is 1. The van der Waals surface area contributed by atoms with E-state index in [1.807, 2.05) is 11.8 Å². The van der Waals surface area contributed by atoms with E-state index in [0.717, 1.165) is 10.0 Å².